The number of aromatic nitrogens is 2. The first-order chi connectivity index (χ1) is 23.3. The number of anilines is 3. The third-order valence-electron chi connectivity index (χ3n) is 8.49. The van der Waals surface area contributed by atoms with Crippen molar-refractivity contribution in [3.63, 3.8) is 0 Å². The molecule has 4 aromatic rings. The minimum absolute atomic E-state index is 0.0368. The van der Waals surface area contributed by atoms with E-state index in [0.29, 0.717) is 47.9 Å². The number of sulfonamides is 1. The molecule has 5 N–H and O–H groups in total. The van der Waals surface area contributed by atoms with Gasteiger partial charge in [-0.25, -0.2) is 4.98 Å². The molecule has 260 valence electrons. The van der Waals surface area contributed by atoms with Crippen LogP contribution in [-0.4, -0.2) is 83.6 Å². The Hall–Kier alpha value is -4.92. The molecule has 0 aliphatic carbocycles. The molecular weight excluding hydrogens is 646 g/mol. The number of imidazole rings is 1. The maximum Gasteiger partial charge on any atom is 0.280 e. The van der Waals surface area contributed by atoms with Crippen molar-refractivity contribution in [2.75, 3.05) is 42.5 Å². The molecule has 0 spiro atoms. The van der Waals surface area contributed by atoms with Gasteiger partial charge in [-0.15, -0.1) is 0 Å². The first-order valence-corrected chi connectivity index (χ1v) is 17.4. The van der Waals surface area contributed by atoms with Gasteiger partial charge in [0.05, 0.1) is 36.8 Å². The highest BCUT2D eigenvalue weighted by atomic mass is 32.2. The molecule has 1 aliphatic rings. The molecule has 0 bridgehead atoms. The Bertz CT molecular complexity index is 1900. The van der Waals surface area contributed by atoms with Gasteiger partial charge in [0.2, 0.25) is 5.91 Å². The Balaban J connectivity index is 1.32. The van der Waals surface area contributed by atoms with E-state index in [1.165, 1.54) is 17.1 Å². The highest BCUT2D eigenvalue weighted by Gasteiger charge is 2.31. The number of likely N-dealkylation sites (N-methyl/N-ethyl adjacent to an activating group) is 1. The molecule has 0 unspecified atom stereocenters. The van der Waals surface area contributed by atoms with Gasteiger partial charge in [-0.05, 0) is 62.0 Å². The van der Waals surface area contributed by atoms with Crippen molar-refractivity contribution in [3.05, 3.63) is 95.9 Å². The summed E-state index contributed by atoms with van der Waals surface area (Å²) >= 11 is 0. The Morgan fingerprint density at radius 1 is 1.16 bits per heavy atom. The molecule has 1 aromatic heterocycles. The number of hydrogen-bond donors (Lipinski definition) is 4. The molecule has 3 atom stereocenters. The number of nitrogen functional groups attached to an aromatic ring is 1. The predicted octanol–water partition coefficient (Wildman–Crippen LogP) is 3.34. The number of benzene rings is 3. The number of carbonyl (C=O) groups is 2. The summed E-state index contributed by atoms with van der Waals surface area (Å²) in [7, 11) is -0.310. The number of fused-ring (bicyclic) bond motifs is 1. The largest absolute Gasteiger partial charge is 0.488 e. The zero-order valence-corrected chi connectivity index (χ0v) is 28.9. The summed E-state index contributed by atoms with van der Waals surface area (Å²) in [5, 5.41) is 12.7. The van der Waals surface area contributed by atoms with Crippen molar-refractivity contribution in [1.82, 2.24) is 19.4 Å². The summed E-state index contributed by atoms with van der Waals surface area (Å²) in [5.74, 6) is -0.0956. The van der Waals surface area contributed by atoms with E-state index in [1.54, 1.807) is 73.5 Å². The highest BCUT2D eigenvalue weighted by molar-refractivity contribution is 7.92. The lowest BCUT2D eigenvalue weighted by molar-refractivity contribution is -0.134. The Kier molecular flexibility index (Phi) is 10.9. The fourth-order valence-electron chi connectivity index (χ4n) is 5.70. The number of nitrogens with two attached hydrogens (primary N) is 1. The topological polar surface area (TPSA) is 172 Å². The van der Waals surface area contributed by atoms with Crippen LogP contribution in [0.1, 0.15) is 35.3 Å². The van der Waals surface area contributed by atoms with Gasteiger partial charge in [0.1, 0.15) is 11.9 Å². The van der Waals surface area contributed by atoms with E-state index < -0.39 is 16.1 Å². The molecule has 49 heavy (non-hydrogen) atoms. The van der Waals surface area contributed by atoms with Crippen LogP contribution >= 0.6 is 0 Å². The molecular formula is C35H43N7O6S. The van der Waals surface area contributed by atoms with Crippen molar-refractivity contribution in [3.8, 4) is 5.75 Å². The van der Waals surface area contributed by atoms with E-state index >= 15 is 0 Å². The molecule has 1 aliphatic heterocycles. The summed E-state index contributed by atoms with van der Waals surface area (Å²) in [6.45, 7) is 5.03. The lowest BCUT2D eigenvalue weighted by atomic mass is 10.0. The first-order valence-electron chi connectivity index (χ1n) is 16.0. The van der Waals surface area contributed by atoms with Crippen molar-refractivity contribution in [2.24, 2.45) is 13.0 Å². The summed E-state index contributed by atoms with van der Waals surface area (Å²) in [6.07, 6.45) is 2.40. The third-order valence-corrected chi connectivity index (χ3v) is 9.76. The van der Waals surface area contributed by atoms with Crippen LogP contribution < -0.4 is 20.5 Å². The van der Waals surface area contributed by atoms with Crippen molar-refractivity contribution in [2.45, 2.75) is 44.0 Å². The molecule has 0 saturated carbocycles. The maximum atomic E-state index is 13.6. The fourth-order valence-corrected chi connectivity index (χ4v) is 6.73. The van der Waals surface area contributed by atoms with Gasteiger partial charge in [-0.1, -0.05) is 31.2 Å². The second-order valence-electron chi connectivity index (χ2n) is 12.6. The maximum absolute atomic E-state index is 13.6. The number of amides is 2. The van der Waals surface area contributed by atoms with Gasteiger partial charge in [-0.2, -0.15) is 8.42 Å². The normalized spacial score (nSPS) is 17.3. The van der Waals surface area contributed by atoms with Crippen LogP contribution in [0.3, 0.4) is 0 Å². The molecule has 2 amide bonds. The number of aryl methyl sites for hydroxylation is 1. The second kappa shape index (κ2) is 15.1. The number of nitrogens with one attached hydrogen (secondary N) is 2. The predicted molar refractivity (Wildman–Crippen MR) is 188 cm³/mol. The lowest BCUT2D eigenvalue weighted by Gasteiger charge is -2.34. The van der Waals surface area contributed by atoms with Crippen LogP contribution in [0, 0.1) is 5.92 Å². The van der Waals surface area contributed by atoms with Gasteiger partial charge in [-0.3, -0.25) is 19.2 Å². The quantitative estimate of drug-likeness (QED) is 0.172. The molecule has 0 saturated heterocycles. The van der Waals surface area contributed by atoms with E-state index in [1.807, 2.05) is 26.1 Å². The summed E-state index contributed by atoms with van der Waals surface area (Å²) in [6, 6.07) is 18.9. The molecule has 0 fully saturated rings. The zero-order chi connectivity index (χ0) is 35.3. The summed E-state index contributed by atoms with van der Waals surface area (Å²) < 4.78 is 36.6. The zero-order valence-electron chi connectivity index (χ0n) is 28.0. The van der Waals surface area contributed by atoms with E-state index in [4.69, 9.17) is 10.5 Å². The molecule has 0 radical (unpaired) electrons. The van der Waals surface area contributed by atoms with Crippen LogP contribution in [0.5, 0.6) is 5.75 Å². The van der Waals surface area contributed by atoms with E-state index in [9.17, 15) is 23.1 Å². The van der Waals surface area contributed by atoms with Crippen molar-refractivity contribution in [1.29, 1.82) is 0 Å². The van der Waals surface area contributed by atoms with E-state index in [2.05, 4.69) is 19.9 Å². The average molecular weight is 690 g/mol. The minimum atomic E-state index is -3.96. The van der Waals surface area contributed by atoms with E-state index in [0.717, 1.165) is 5.56 Å². The minimum Gasteiger partial charge on any atom is -0.488 e. The van der Waals surface area contributed by atoms with Gasteiger partial charge in [0, 0.05) is 55.6 Å². The summed E-state index contributed by atoms with van der Waals surface area (Å²) in [4.78, 5) is 34.1. The van der Waals surface area contributed by atoms with Crippen LogP contribution in [0.4, 0.5) is 17.1 Å². The standard InChI is InChI=1S/C35H43N7O6S/c1-23-17-42(24(2)21-43)34(44)16-27-15-28(39-49(46,47)33-20-41(4)22-37-33)13-14-31(27)48-32(23)19-40(3)18-25-9-11-26(12-10-25)35(45)38-30-8-6-5-7-29(30)36/h5-15,20,22-24,32,39,43H,16-19,21,36H2,1-4H3,(H,38,45)/t23-,24-,32-/m1/s1. The third kappa shape index (κ3) is 8.76. The number of aliphatic hydroxyl groups is 1. The van der Waals surface area contributed by atoms with Gasteiger partial charge >= 0.3 is 0 Å². The molecule has 13 nitrogen and oxygen atoms in total. The SMILES string of the molecule is C[C@@H]1CN([C@H](C)CO)C(=O)Cc2cc(NS(=O)(=O)c3cn(C)cn3)ccc2O[C@@H]1CN(C)Cc1ccc(C(=O)Nc2ccccc2N)cc1. The van der Waals surface area contributed by atoms with Crippen molar-refractivity contribution < 1.29 is 27.9 Å². The molecule has 14 heteroatoms. The van der Waals surface area contributed by atoms with Crippen LogP contribution in [-0.2, 0) is 34.8 Å². The van der Waals surface area contributed by atoms with Crippen LogP contribution in [0.25, 0.3) is 0 Å². The van der Waals surface area contributed by atoms with Gasteiger partial charge in [0.25, 0.3) is 15.9 Å². The van der Waals surface area contributed by atoms with Crippen LogP contribution in [0.2, 0.25) is 0 Å². The number of para-hydroxylation sites is 2. The smallest absolute Gasteiger partial charge is 0.280 e. The van der Waals surface area contributed by atoms with Crippen LogP contribution in [0.15, 0.2) is 84.3 Å². The number of aliphatic hydroxyl groups excluding tert-OH is 1. The van der Waals surface area contributed by atoms with Crippen molar-refractivity contribution >= 4 is 38.9 Å². The number of carbonyl (C=O) groups excluding carboxylic acids is 2. The van der Waals surface area contributed by atoms with E-state index in [-0.39, 0.29) is 47.6 Å². The Labute approximate surface area is 286 Å². The second-order valence-corrected chi connectivity index (χ2v) is 14.3. The Morgan fingerprint density at radius 2 is 1.90 bits per heavy atom. The number of ether oxygens (including phenoxy) is 1. The molecule has 3 aromatic carbocycles. The number of rotatable bonds is 11. The number of nitrogens with zero attached hydrogens (tertiary/aromatic N) is 4. The molecule has 5 rings (SSSR count). The fraction of sp³-hybridized carbons (Fsp3) is 0.343. The van der Waals surface area contributed by atoms with Gasteiger partial charge in [0.15, 0.2) is 5.03 Å². The highest BCUT2D eigenvalue weighted by Crippen LogP contribution is 2.30. The number of hydrogen-bond acceptors (Lipinski definition) is 9. The lowest BCUT2D eigenvalue weighted by Crippen LogP contribution is -2.47. The monoisotopic (exact) mass is 689 g/mol. The molecule has 2 heterocycles. The Morgan fingerprint density at radius 3 is 2.57 bits per heavy atom. The van der Waals surface area contributed by atoms with Gasteiger partial charge < -0.3 is 30.4 Å². The summed E-state index contributed by atoms with van der Waals surface area (Å²) in [5.41, 5.74) is 9.29. The first kappa shape index (κ1) is 35.4. The average Bonchev–Trinajstić information content (AvgIpc) is 3.53.